The lowest BCUT2D eigenvalue weighted by atomic mass is 9.97. The number of methoxy groups -OCH3 is 2. The molecule has 2 aromatic rings. The summed E-state index contributed by atoms with van der Waals surface area (Å²) in [4.78, 5) is 22.2. The molecule has 0 radical (unpaired) electrons. The second-order valence-corrected chi connectivity index (χ2v) is 5.89. The number of hydrogen-bond donors (Lipinski definition) is 0. The highest BCUT2D eigenvalue weighted by Gasteiger charge is 2.16. The zero-order chi connectivity index (χ0) is 21.1. The summed E-state index contributed by atoms with van der Waals surface area (Å²) < 4.78 is 9.95. The van der Waals surface area contributed by atoms with Crippen molar-refractivity contribution < 1.29 is 19.1 Å². The lowest BCUT2D eigenvalue weighted by molar-refractivity contribution is -0.118. The molecule has 2 atom stereocenters. The number of rotatable bonds is 6. The molecular weight excluding hydrogens is 356 g/mol. The molecule has 0 fully saturated rings. The molecule has 0 N–H and O–H groups in total. The van der Waals surface area contributed by atoms with Gasteiger partial charge in [0, 0.05) is 0 Å². The molecule has 0 saturated heterocycles. The number of nitrogens with zero attached hydrogens (tertiary/aromatic N) is 2. The zero-order valence-corrected chi connectivity index (χ0v) is 16.3. The Morgan fingerprint density at radius 1 is 0.714 bits per heavy atom. The Morgan fingerprint density at radius 3 is 1.18 bits per heavy atom. The number of ether oxygens (including phenoxy) is 2. The minimum atomic E-state index is -0.666. The fraction of sp³-hybridized carbons (Fsp3) is 0.273. The molecule has 28 heavy (non-hydrogen) atoms. The van der Waals surface area contributed by atoms with Crippen molar-refractivity contribution in [1.29, 1.82) is 10.5 Å². The zero-order valence-electron chi connectivity index (χ0n) is 16.3. The molecule has 2 rings (SSSR count). The van der Waals surface area contributed by atoms with E-state index in [0.717, 1.165) is 0 Å². The van der Waals surface area contributed by atoms with Crippen LogP contribution in [0.2, 0.25) is 0 Å². The van der Waals surface area contributed by atoms with E-state index in [1.165, 1.54) is 13.8 Å². The molecule has 2 aromatic carbocycles. The monoisotopic (exact) mass is 378 g/mol. The van der Waals surface area contributed by atoms with E-state index >= 15 is 0 Å². The van der Waals surface area contributed by atoms with Crippen LogP contribution < -0.4 is 9.47 Å². The van der Waals surface area contributed by atoms with Gasteiger partial charge in [0.1, 0.15) is 23.3 Å². The number of carbonyl (C=O) groups is 2. The highest BCUT2D eigenvalue weighted by molar-refractivity contribution is 5.86. The summed E-state index contributed by atoms with van der Waals surface area (Å²) in [5.74, 6) is -0.180. The maximum Gasteiger partial charge on any atom is 0.151 e. The normalized spacial score (nSPS) is 11.5. The third-order valence-electron chi connectivity index (χ3n) is 3.97. The molecule has 0 aliphatic heterocycles. The van der Waals surface area contributed by atoms with E-state index < -0.39 is 11.8 Å². The van der Waals surface area contributed by atoms with Crippen LogP contribution in [-0.2, 0) is 9.59 Å². The van der Waals surface area contributed by atoms with Crippen molar-refractivity contribution in [1.82, 2.24) is 0 Å². The first-order valence-electron chi connectivity index (χ1n) is 8.45. The third kappa shape index (κ3) is 6.26. The molecule has 6 heteroatoms. The molecule has 0 aliphatic carbocycles. The molecular formula is C22H22N2O4. The standard InChI is InChI=1S/2C11H11NO2/c2*1-8(13)11(7-12)9-3-5-10(14-2)6-4-9/h2*3-6,11H,1-2H3. The van der Waals surface area contributed by atoms with Crippen LogP contribution >= 0.6 is 0 Å². The Balaban J connectivity index is 0.000000280. The number of nitriles is 2. The van der Waals surface area contributed by atoms with Crippen LogP contribution in [0.25, 0.3) is 0 Å². The first-order chi connectivity index (χ1) is 13.4. The van der Waals surface area contributed by atoms with Gasteiger partial charge in [-0.05, 0) is 49.2 Å². The number of carbonyl (C=O) groups excluding carboxylic acids is 2. The van der Waals surface area contributed by atoms with Crippen molar-refractivity contribution in [2.45, 2.75) is 25.7 Å². The SMILES string of the molecule is COc1ccc(C(C#N)C(C)=O)cc1.COc1ccc(C(C#N)C(C)=O)cc1. The fourth-order valence-corrected chi connectivity index (χ4v) is 2.39. The largest absolute Gasteiger partial charge is 0.497 e. The van der Waals surface area contributed by atoms with Gasteiger partial charge in [-0.25, -0.2) is 0 Å². The lowest BCUT2D eigenvalue weighted by Gasteiger charge is -2.05. The number of Topliss-reactive ketones (excluding diaryl/α,β-unsaturated/α-hetero) is 2. The Morgan fingerprint density at radius 2 is 1.00 bits per heavy atom. The summed E-state index contributed by atoms with van der Waals surface area (Å²) in [7, 11) is 3.14. The van der Waals surface area contributed by atoms with E-state index in [0.29, 0.717) is 22.6 Å². The van der Waals surface area contributed by atoms with Gasteiger partial charge < -0.3 is 9.47 Å². The first-order valence-corrected chi connectivity index (χ1v) is 8.45. The van der Waals surface area contributed by atoms with Gasteiger partial charge >= 0.3 is 0 Å². The van der Waals surface area contributed by atoms with E-state index in [1.807, 2.05) is 12.1 Å². The van der Waals surface area contributed by atoms with Gasteiger partial charge in [0.15, 0.2) is 11.6 Å². The predicted octanol–water partition coefficient (Wildman–Crippen LogP) is 3.78. The maximum atomic E-state index is 11.1. The molecule has 0 aromatic heterocycles. The van der Waals surface area contributed by atoms with Gasteiger partial charge in [0.05, 0.1) is 26.4 Å². The van der Waals surface area contributed by atoms with E-state index in [9.17, 15) is 9.59 Å². The van der Waals surface area contributed by atoms with Gasteiger partial charge in [0.25, 0.3) is 0 Å². The molecule has 0 heterocycles. The van der Waals surface area contributed by atoms with Crippen molar-refractivity contribution >= 4 is 11.6 Å². The highest BCUT2D eigenvalue weighted by atomic mass is 16.5. The van der Waals surface area contributed by atoms with E-state index in [4.69, 9.17) is 20.0 Å². The second kappa shape index (κ2) is 11.2. The summed E-state index contributed by atoms with van der Waals surface area (Å²) in [6.07, 6.45) is 0. The number of benzene rings is 2. The van der Waals surface area contributed by atoms with Gasteiger partial charge in [-0.3, -0.25) is 9.59 Å². The van der Waals surface area contributed by atoms with Crippen LogP contribution in [0.3, 0.4) is 0 Å². The van der Waals surface area contributed by atoms with Gasteiger partial charge in [0.2, 0.25) is 0 Å². The molecule has 0 amide bonds. The quantitative estimate of drug-likeness (QED) is 0.758. The highest BCUT2D eigenvalue weighted by Crippen LogP contribution is 2.20. The summed E-state index contributed by atoms with van der Waals surface area (Å²) in [6, 6.07) is 17.8. The Bertz CT molecular complexity index is 799. The van der Waals surface area contributed by atoms with Crippen LogP contribution in [0.4, 0.5) is 0 Å². The molecule has 6 nitrogen and oxygen atoms in total. The van der Waals surface area contributed by atoms with Crippen molar-refractivity contribution in [3.63, 3.8) is 0 Å². The van der Waals surface area contributed by atoms with Gasteiger partial charge in [-0.1, -0.05) is 24.3 Å². The number of ketones is 2. The topological polar surface area (TPSA) is 100 Å². The van der Waals surface area contributed by atoms with Gasteiger partial charge in [-0.2, -0.15) is 10.5 Å². The minimum Gasteiger partial charge on any atom is -0.497 e. The van der Waals surface area contributed by atoms with Crippen LogP contribution in [0.1, 0.15) is 36.8 Å². The number of hydrogen-bond acceptors (Lipinski definition) is 6. The smallest absolute Gasteiger partial charge is 0.151 e. The van der Waals surface area contributed by atoms with Crippen LogP contribution in [0.15, 0.2) is 48.5 Å². The van der Waals surface area contributed by atoms with E-state index in [1.54, 1.807) is 62.8 Å². The van der Waals surface area contributed by atoms with Crippen LogP contribution in [0.5, 0.6) is 11.5 Å². The average molecular weight is 378 g/mol. The average Bonchev–Trinajstić information content (AvgIpc) is 2.70. The summed E-state index contributed by atoms with van der Waals surface area (Å²) in [6.45, 7) is 2.83. The Hall–Kier alpha value is -3.64. The van der Waals surface area contributed by atoms with Crippen molar-refractivity contribution in [3.8, 4) is 23.6 Å². The van der Waals surface area contributed by atoms with Gasteiger partial charge in [-0.15, -0.1) is 0 Å². The van der Waals surface area contributed by atoms with E-state index in [2.05, 4.69) is 0 Å². The molecule has 0 bridgehead atoms. The minimum absolute atomic E-state index is 0.141. The van der Waals surface area contributed by atoms with Crippen molar-refractivity contribution in [3.05, 3.63) is 59.7 Å². The molecule has 144 valence electrons. The molecule has 0 aliphatic rings. The van der Waals surface area contributed by atoms with Crippen molar-refractivity contribution in [2.24, 2.45) is 0 Å². The van der Waals surface area contributed by atoms with E-state index in [-0.39, 0.29) is 11.6 Å². The summed E-state index contributed by atoms with van der Waals surface area (Å²) in [5.41, 5.74) is 1.42. The fourth-order valence-electron chi connectivity index (χ4n) is 2.39. The molecule has 0 saturated carbocycles. The predicted molar refractivity (Wildman–Crippen MR) is 104 cm³/mol. The summed E-state index contributed by atoms with van der Waals surface area (Å²) >= 11 is 0. The Labute approximate surface area is 164 Å². The van der Waals surface area contributed by atoms with Crippen molar-refractivity contribution in [2.75, 3.05) is 14.2 Å². The second-order valence-electron chi connectivity index (χ2n) is 5.89. The maximum absolute atomic E-state index is 11.1. The third-order valence-corrected chi connectivity index (χ3v) is 3.97. The summed E-state index contributed by atoms with van der Waals surface area (Å²) in [5, 5.41) is 17.5. The lowest BCUT2D eigenvalue weighted by Crippen LogP contribution is -2.05. The Kier molecular flexibility index (Phi) is 8.92. The molecule has 2 unspecified atom stereocenters. The first kappa shape index (κ1) is 22.4. The van der Waals surface area contributed by atoms with Crippen LogP contribution in [-0.4, -0.2) is 25.8 Å². The van der Waals surface area contributed by atoms with Crippen LogP contribution in [0, 0.1) is 22.7 Å². The molecule has 0 spiro atoms.